The zero-order chi connectivity index (χ0) is 18.4. The first kappa shape index (κ1) is 17.3. The SMILES string of the molecule is Cc1c(C)c2c(c(C)c1O)CCC(C)(C#Cc1ccc(F)c(F)c1)O2. The van der Waals surface area contributed by atoms with Gasteiger partial charge >= 0.3 is 0 Å². The molecule has 1 heterocycles. The van der Waals surface area contributed by atoms with Crippen LogP contribution in [-0.4, -0.2) is 10.7 Å². The smallest absolute Gasteiger partial charge is 0.167 e. The molecule has 0 aromatic heterocycles. The molecule has 1 N–H and O–H groups in total. The largest absolute Gasteiger partial charge is 0.507 e. The van der Waals surface area contributed by atoms with Crippen molar-refractivity contribution in [2.75, 3.05) is 0 Å². The second-order valence-corrected chi connectivity index (χ2v) is 6.74. The monoisotopic (exact) mass is 342 g/mol. The maximum atomic E-state index is 13.3. The van der Waals surface area contributed by atoms with Crippen LogP contribution in [0.3, 0.4) is 0 Å². The van der Waals surface area contributed by atoms with Crippen molar-refractivity contribution >= 4 is 0 Å². The normalized spacial score (nSPS) is 18.8. The molecule has 1 atom stereocenters. The van der Waals surface area contributed by atoms with Crippen molar-refractivity contribution in [2.24, 2.45) is 0 Å². The van der Waals surface area contributed by atoms with Crippen molar-refractivity contribution in [3.63, 3.8) is 0 Å². The van der Waals surface area contributed by atoms with Crippen LogP contribution in [0.2, 0.25) is 0 Å². The Hall–Kier alpha value is -2.54. The highest BCUT2D eigenvalue weighted by Gasteiger charge is 2.33. The summed E-state index contributed by atoms with van der Waals surface area (Å²) in [7, 11) is 0. The fraction of sp³-hybridized carbons (Fsp3) is 0.333. The van der Waals surface area contributed by atoms with Gasteiger partial charge in [0.25, 0.3) is 0 Å². The van der Waals surface area contributed by atoms with E-state index < -0.39 is 17.2 Å². The van der Waals surface area contributed by atoms with E-state index in [4.69, 9.17) is 4.74 Å². The number of phenolic OH excluding ortho intramolecular Hbond substituents is 1. The van der Waals surface area contributed by atoms with Crippen LogP contribution in [0.15, 0.2) is 18.2 Å². The highest BCUT2D eigenvalue weighted by molar-refractivity contribution is 5.58. The first-order chi connectivity index (χ1) is 11.7. The van der Waals surface area contributed by atoms with Crippen LogP contribution in [-0.2, 0) is 6.42 Å². The van der Waals surface area contributed by atoms with Gasteiger partial charge in [0.1, 0.15) is 11.5 Å². The van der Waals surface area contributed by atoms with E-state index in [1.165, 1.54) is 6.07 Å². The topological polar surface area (TPSA) is 29.5 Å². The van der Waals surface area contributed by atoms with Crippen molar-refractivity contribution in [2.45, 2.75) is 46.1 Å². The van der Waals surface area contributed by atoms with E-state index in [-0.39, 0.29) is 0 Å². The molecule has 1 aliphatic rings. The Morgan fingerprint density at radius 3 is 2.48 bits per heavy atom. The summed E-state index contributed by atoms with van der Waals surface area (Å²) >= 11 is 0. The lowest BCUT2D eigenvalue weighted by Gasteiger charge is -2.34. The predicted molar refractivity (Wildman–Crippen MR) is 92.9 cm³/mol. The number of phenols is 1. The third-order valence-electron chi connectivity index (χ3n) is 4.91. The van der Waals surface area contributed by atoms with Crippen LogP contribution in [0.5, 0.6) is 11.5 Å². The molecule has 0 saturated carbocycles. The van der Waals surface area contributed by atoms with Crippen molar-refractivity contribution in [3.8, 4) is 23.3 Å². The van der Waals surface area contributed by atoms with E-state index in [2.05, 4.69) is 11.8 Å². The summed E-state index contributed by atoms with van der Waals surface area (Å²) in [6.45, 7) is 7.56. The average Bonchev–Trinajstić information content (AvgIpc) is 2.59. The number of halogens is 2. The zero-order valence-electron chi connectivity index (χ0n) is 14.8. The summed E-state index contributed by atoms with van der Waals surface area (Å²) in [5.74, 6) is 5.22. The fourth-order valence-corrected chi connectivity index (χ4v) is 3.11. The molecule has 2 aromatic carbocycles. The van der Waals surface area contributed by atoms with Gasteiger partial charge in [-0.25, -0.2) is 8.78 Å². The Balaban J connectivity index is 1.97. The van der Waals surface area contributed by atoms with Crippen molar-refractivity contribution in [1.29, 1.82) is 0 Å². The van der Waals surface area contributed by atoms with Crippen LogP contribution in [0.4, 0.5) is 8.78 Å². The molecule has 0 radical (unpaired) electrons. The number of hydrogen-bond acceptors (Lipinski definition) is 2. The first-order valence-electron chi connectivity index (χ1n) is 8.20. The molecular formula is C21H20F2O2. The van der Waals surface area contributed by atoms with Crippen LogP contribution in [0.25, 0.3) is 0 Å². The molecule has 130 valence electrons. The Morgan fingerprint density at radius 1 is 1.08 bits per heavy atom. The van der Waals surface area contributed by atoms with Crippen molar-refractivity contribution < 1.29 is 18.6 Å². The minimum atomic E-state index is -0.913. The summed E-state index contributed by atoms with van der Waals surface area (Å²) in [5.41, 5.74) is 3.23. The van der Waals surface area contributed by atoms with E-state index in [0.717, 1.165) is 46.6 Å². The summed E-state index contributed by atoms with van der Waals surface area (Å²) in [6.07, 6.45) is 1.39. The summed E-state index contributed by atoms with van der Waals surface area (Å²) in [4.78, 5) is 0. The van der Waals surface area contributed by atoms with Gasteiger partial charge < -0.3 is 9.84 Å². The molecule has 4 heteroatoms. The van der Waals surface area contributed by atoms with Gasteiger partial charge in [0.15, 0.2) is 17.2 Å². The van der Waals surface area contributed by atoms with Gasteiger partial charge in [0.2, 0.25) is 0 Å². The van der Waals surface area contributed by atoms with Crippen LogP contribution >= 0.6 is 0 Å². The molecule has 0 fully saturated rings. The third-order valence-corrected chi connectivity index (χ3v) is 4.91. The standard InChI is InChI=1S/C21H20F2O2/c1-12-13(2)20-16(14(3)19(12)24)8-10-21(4,25-20)9-7-15-5-6-17(22)18(23)11-15/h5-6,11,24H,8,10H2,1-4H3. The van der Waals surface area contributed by atoms with Gasteiger partial charge in [-0.05, 0) is 69.0 Å². The molecule has 0 spiro atoms. The highest BCUT2D eigenvalue weighted by atomic mass is 19.2. The molecule has 0 saturated heterocycles. The summed E-state index contributed by atoms with van der Waals surface area (Å²) in [5, 5.41) is 10.2. The van der Waals surface area contributed by atoms with Crippen LogP contribution in [0.1, 0.15) is 41.2 Å². The van der Waals surface area contributed by atoms with Gasteiger partial charge in [-0.2, -0.15) is 0 Å². The molecule has 2 nitrogen and oxygen atoms in total. The molecule has 0 aliphatic carbocycles. The maximum Gasteiger partial charge on any atom is 0.167 e. The maximum absolute atomic E-state index is 13.3. The van der Waals surface area contributed by atoms with E-state index in [0.29, 0.717) is 17.7 Å². The predicted octanol–water partition coefficient (Wildman–Crippen LogP) is 4.73. The lowest BCUT2D eigenvalue weighted by atomic mass is 9.87. The van der Waals surface area contributed by atoms with Gasteiger partial charge in [0.05, 0.1) is 0 Å². The van der Waals surface area contributed by atoms with E-state index in [9.17, 15) is 13.9 Å². The van der Waals surface area contributed by atoms with Gasteiger partial charge in [0, 0.05) is 17.5 Å². The molecule has 2 aromatic rings. The van der Waals surface area contributed by atoms with Crippen LogP contribution in [0, 0.1) is 44.2 Å². The van der Waals surface area contributed by atoms with Gasteiger partial charge in [-0.3, -0.25) is 0 Å². The Bertz CT molecular complexity index is 922. The molecule has 3 rings (SSSR count). The average molecular weight is 342 g/mol. The number of fused-ring (bicyclic) bond motifs is 1. The third kappa shape index (κ3) is 3.07. The van der Waals surface area contributed by atoms with E-state index >= 15 is 0 Å². The molecule has 0 amide bonds. The number of benzene rings is 2. The quantitative estimate of drug-likeness (QED) is 0.701. The molecule has 0 bridgehead atoms. The minimum Gasteiger partial charge on any atom is -0.507 e. The van der Waals surface area contributed by atoms with Crippen molar-refractivity contribution in [3.05, 3.63) is 57.7 Å². The van der Waals surface area contributed by atoms with Gasteiger partial charge in [-0.1, -0.05) is 11.8 Å². The Kier molecular flexibility index (Phi) is 4.20. The Morgan fingerprint density at radius 2 is 1.80 bits per heavy atom. The summed E-state index contributed by atoms with van der Waals surface area (Å²) < 4.78 is 32.5. The van der Waals surface area contributed by atoms with Gasteiger partial charge in [-0.15, -0.1) is 0 Å². The van der Waals surface area contributed by atoms with Crippen LogP contribution < -0.4 is 4.74 Å². The fourth-order valence-electron chi connectivity index (χ4n) is 3.11. The number of ether oxygens (including phenoxy) is 1. The number of aromatic hydroxyl groups is 1. The number of rotatable bonds is 0. The second kappa shape index (κ2) is 6.07. The van der Waals surface area contributed by atoms with E-state index in [1.807, 2.05) is 27.7 Å². The first-order valence-corrected chi connectivity index (χ1v) is 8.20. The van der Waals surface area contributed by atoms with E-state index in [1.54, 1.807) is 0 Å². The molecule has 1 aliphatic heterocycles. The van der Waals surface area contributed by atoms with Crippen molar-refractivity contribution in [1.82, 2.24) is 0 Å². The second-order valence-electron chi connectivity index (χ2n) is 6.74. The molecule has 25 heavy (non-hydrogen) atoms. The lowest BCUT2D eigenvalue weighted by Crippen LogP contribution is -2.35. The highest BCUT2D eigenvalue weighted by Crippen LogP contribution is 2.43. The number of hydrogen-bond donors (Lipinski definition) is 1. The molecule has 1 unspecified atom stereocenters. The molecular weight excluding hydrogens is 322 g/mol. The minimum absolute atomic E-state index is 0.316. The lowest BCUT2D eigenvalue weighted by molar-refractivity contribution is 0.122. The summed E-state index contributed by atoms with van der Waals surface area (Å²) in [6, 6.07) is 3.60. The Labute approximate surface area is 146 Å². The zero-order valence-corrected chi connectivity index (χ0v) is 14.8.